The van der Waals surface area contributed by atoms with Crippen LogP contribution in [0.3, 0.4) is 0 Å². The van der Waals surface area contributed by atoms with E-state index >= 15 is 0 Å². The topological polar surface area (TPSA) is 79.0 Å². The number of rotatable bonds is 4. The number of carbonyl (C=O) groups excluding carboxylic acids is 3. The number of hydrazine groups is 1. The molecule has 5 rings (SSSR count). The van der Waals surface area contributed by atoms with Crippen LogP contribution in [0.4, 0.5) is 5.69 Å². The number of allylic oxidation sites excluding steroid dienone is 2. The molecule has 0 aromatic heterocycles. The van der Waals surface area contributed by atoms with Crippen LogP contribution in [-0.4, -0.2) is 36.3 Å². The molecule has 7 nitrogen and oxygen atoms in total. The molecule has 170 valence electrons. The number of fused-ring (bicyclic) bond motifs is 1. The summed E-state index contributed by atoms with van der Waals surface area (Å²) in [5.74, 6) is -0.263. The minimum atomic E-state index is -0.360. The Hall–Kier alpha value is -3.61. The molecule has 0 radical (unpaired) electrons. The van der Waals surface area contributed by atoms with Crippen LogP contribution in [0.1, 0.15) is 47.6 Å². The summed E-state index contributed by atoms with van der Waals surface area (Å²) in [5, 5.41) is 1.31. The molecule has 2 aromatic carbocycles. The molecule has 33 heavy (non-hydrogen) atoms. The highest BCUT2D eigenvalue weighted by Crippen LogP contribution is 2.35. The number of benzene rings is 2. The maximum atomic E-state index is 13.5. The van der Waals surface area contributed by atoms with Crippen LogP contribution >= 0.6 is 0 Å². The molecule has 1 N–H and O–H groups in total. The Morgan fingerprint density at radius 3 is 2.55 bits per heavy atom. The van der Waals surface area contributed by atoms with E-state index in [-0.39, 0.29) is 35.6 Å². The summed E-state index contributed by atoms with van der Waals surface area (Å²) in [4.78, 5) is 41.1. The Kier molecular flexibility index (Phi) is 5.62. The van der Waals surface area contributed by atoms with Crippen molar-refractivity contribution in [3.05, 3.63) is 71.8 Å². The molecule has 2 aromatic rings. The molecule has 2 heterocycles. The van der Waals surface area contributed by atoms with Gasteiger partial charge in [-0.05, 0) is 61.6 Å². The third-order valence-electron chi connectivity index (χ3n) is 6.89. The van der Waals surface area contributed by atoms with Gasteiger partial charge in [-0.25, -0.2) is 5.01 Å². The predicted molar refractivity (Wildman–Crippen MR) is 123 cm³/mol. The molecule has 3 atom stereocenters. The number of amides is 3. The van der Waals surface area contributed by atoms with E-state index in [0.29, 0.717) is 30.6 Å². The molecule has 2 saturated heterocycles. The summed E-state index contributed by atoms with van der Waals surface area (Å²) < 4.78 is 5.25. The molecular formula is C26H27N3O4. The minimum Gasteiger partial charge on any atom is -0.497 e. The van der Waals surface area contributed by atoms with E-state index < -0.39 is 0 Å². The van der Waals surface area contributed by atoms with Gasteiger partial charge in [0.05, 0.1) is 30.7 Å². The lowest BCUT2D eigenvalue weighted by Gasteiger charge is -2.38. The molecular weight excluding hydrogens is 418 g/mol. The Morgan fingerprint density at radius 2 is 1.79 bits per heavy atom. The van der Waals surface area contributed by atoms with Crippen LogP contribution in [0.15, 0.2) is 60.7 Å². The number of hydrogen-bond acceptors (Lipinski definition) is 4. The van der Waals surface area contributed by atoms with Crippen LogP contribution in [-0.2, 0) is 9.59 Å². The number of anilines is 1. The smallest absolute Gasteiger partial charge is 0.254 e. The lowest BCUT2D eigenvalue weighted by Crippen LogP contribution is -2.59. The number of carbonyl (C=O) groups is 3. The van der Waals surface area contributed by atoms with E-state index in [0.717, 1.165) is 24.2 Å². The molecule has 3 amide bonds. The van der Waals surface area contributed by atoms with Crippen molar-refractivity contribution in [1.29, 1.82) is 0 Å². The van der Waals surface area contributed by atoms with E-state index in [9.17, 15) is 14.4 Å². The number of nitrogens with zero attached hydrogens (tertiary/aromatic N) is 2. The van der Waals surface area contributed by atoms with Gasteiger partial charge in [-0.15, -0.1) is 0 Å². The van der Waals surface area contributed by atoms with Crippen molar-refractivity contribution in [3.63, 3.8) is 0 Å². The zero-order chi connectivity index (χ0) is 22.9. The van der Waals surface area contributed by atoms with Crippen LogP contribution in [0.25, 0.3) is 0 Å². The van der Waals surface area contributed by atoms with Gasteiger partial charge in [-0.2, -0.15) is 0 Å². The van der Waals surface area contributed by atoms with E-state index in [1.165, 1.54) is 5.01 Å². The van der Waals surface area contributed by atoms with Crippen LogP contribution in [0, 0.1) is 11.8 Å². The van der Waals surface area contributed by atoms with Crippen molar-refractivity contribution < 1.29 is 19.1 Å². The largest absolute Gasteiger partial charge is 0.497 e. The third-order valence-corrected chi connectivity index (χ3v) is 6.89. The monoisotopic (exact) mass is 445 g/mol. The zero-order valence-corrected chi connectivity index (χ0v) is 18.6. The fraction of sp³-hybridized carbons (Fsp3) is 0.346. The highest BCUT2D eigenvalue weighted by Gasteiger charge is 2.42. The van der Waals surface area contributed by atoms with Gasteiger partial charge in [0.2, 0.25) is 11.8 Å². The first-order valence-electron chi connectivity index (χ1n) is 11.4. The maximum Gasteiger partial charge on any atom is 0.254 e. The highest BCUT2D eigenvalue weighted by atomic mass is 16.5. The quantitative estimate of drug-likeness (QED) is 0.729. The van der Waals surface area contributed by atoms with Gasteiger partial charge in [-0.3, -0.25) is 19.8 Å². The van der Waals surface area contributed by atoms with Crippen molar-refractivity contribution in [2.45, 2.75) is 31.7 Å². The van der Waals surface area contributed by atoms with Crippen molar-refractivity contribution >= 4 is 23.4 Å². The number of nitrogens with one attached hydrogen (secondary N) is 1. The van der Waals surface area contributed by atoms with E-state index in [2.05, 4.69) is 5.43 Å². The predicted octanol–water partition coefficient (Wildman–Crippen LogP) is 3.63. The fourth-order valence-corrected chi connectivity index (χ4v) is 5.11. The second-order valence-electron chi connectivity index (χ2n) is 8.79. The molecule has 2 aliphatic heterocycles. The van der Waals surface area contributed by atoms with Gasteiger partial charge in [-0.1, -0.05) is 30.4 Å². The summed E-state index contributed by atoms with van der Waals surface area (Å²) in [7, 11) is 1.63. The van der Waals surface area contributed by atoms with Gasteiger partial charge < -0.3 is 9.64 Å². The Balaban J connectivity index is 1.38. The lowest BCUT2D eigenvalue weighted by molar-refractivity contribution is -0.139. The molecule has 3 aliphatic rings. The standard InChI is InChI=1S/C26H27N3O4/c1-33-20-13-11-17(12-14-20)23-10-5-15-28(23)25(31)18-6-4-7-19(16-18)29-26(32)22-9-3-2-8-21(22)24(30)27-29/h2-4,6-7,11-14,16,21-23H,5,8-10,15H2,1H3,(H,27,30)/t21-,22-,23+/m1/s1. The third kappa shape index (κ3) is 3.88. The molecule has 0 bridgehead atoms. The van der Waals surface area contributed by atoms with Gasteiger partial charge in [0.25, 0.3) is 5.91 Å². The van der Waals surface area contributed by atoms with Crippen LogP contribution in [0.5, 0.6) is 5.75 Å². The lowest BCUT2D eigenvalue weighted by atomic mass is 9.80. The Bertz CT molecular complexity index is 1110. The minimum absolute atomic E-state index is 0.00170. The molecule has 2 fully saturated rings. The zero-order valence-electron chi connectivity index (χ0n) is 18.6. The first-order chi connectivity index (χ1) is 16.1. The SMILES string of the molecule is COc1ccc([C@@H]2CCCN2C(=O)c2cccc(N3NC(=O)[C@@H]4CC=CC[C@H]4C3=O)c2)cc1. The Labute approximate surface area is 193 Å². The van der Waals surface area contributed by atoms with Gasteiger partial charge in [0.1, 0.15) is 5.75 Å². The number of likely N-dealkylation sites (tertiary alicyclic amines) is 1. The van der Waals surface area contributed by atoms with E-state index in [1.807, 2.05) is 41.3 Å². The summed E-state index contributed by atoms with van der Waals surface area (Å²) >= 11 is 0. The summed E-state index contributed by atoms with van der Waals surface area (Å²) in [6.45, 7) is 0.676. The van der Waals surface area contributed by atoms with Crippen molar-refractivity contribution in [2.24, 2.45) is 11.8 Å². The van der Waals surface area contributed by atoms with Gasteiger partial charge in [0.15, 0.2) is 0 Å². The molecule has 1 aliphatic carbocycles. The maximum absolute atomic E-state index is 13.5. The van der Waals surface area contributed by atoms with Crippen LogP contribution < -0.4 is 15.2 Å². The number of hydrogen-bond donors (Lipinski definition) is 1. The average Bonchev–Trinajstić information content (AvgIpc) is 3.36. The van der Waals surface area contributed by atoms with Crippen molar-refractivity contribution in [3.8, 4) is 5.75 Å². The summed E-state index contributed by atoms with van der Waals surface area (Å²) in [6, 6.07) is 14.8. The number of ether oxygens (including phenoxy) is 1. The van der Waals surface area contributed by atoms with E-state index in [4.69, 9.17) is 4.74 Å². The first kappa shape index (κ1) is 21.2. The molecule has 0 spiro atoms. The normalized spacial score (nSPS) is 24.5. The van der Waals surface area contributed by atoms with Gasteiger partial charge in [0, 0.05) is 12.1 Å². The van der Waals surface area contributed by atoms with Gasteiger partial charge >= 0.3 is 0 Å². The summed E-state index contributed by atoms with van der Waals surface area (Å²) in [6.07, 6.45) is 6.88. The molecule has 7 heteroatoms. The molecule has 0 unspecified atom stereocenters. The van der Waals surface area contributed by atoms with Crippen molar-refractivity contribution in [1.82, 2.24) is 10.3 Å². The average molecular weight is 446 g/mol. The fourth-order valence-electron chi connectivity index (χ4n) is 5.11. The summed E-state index contributed by atoms with van der Waals surface area (Å²) in [5.41, 5.74) is 4.82. The second-order valence-corrected chi connectivity index (χ2v) is 8.79. The first-order valence-corrected chi connectivity index (χ1v) is 11.4. The van der Waals surface area contributed by atoms with Crippen LogP contribution in [0.2, 0.25) is 0 Å². The van der Waals surface area contributed by atoms with E-state index in [1.54, 1.807) is 31.4 Å². The van der Waals surface area contributed by atoms with Crippen molar-refractivity contribution in [2.75, 3.05) is 18.7 Å². The second kappa shape index (κ2) is 8.73. The number of methoxy groups -OCH3 is 1. The highest BCUT2D eigenvalue weighted by molar-refractivity contribution is 6.05. The molecule has 0 saturated carbocycles. The Morgan fingerprint density at radius 1 is 1.03 bits per heavy atom.